The monoisotopic (exact) mass is 521 g/mol. The fourth-order valence-corrected chi connectivity index (χ4v) is 6.53. The van der Waals surface area contributed by atoms with Gasteiger partial charge in [0.05, 0.1) is 24.5 Å². The molecular weight excluding hydrogens is 486 g/mol. The summed E-state index contributed by atoms with van der Waals surface area (Å²) in [5, 5.41) is 3.59. The number of Topliss-reactive ketones (excluding diaryl/α,β-unsaturated/α-hetero) is 1. The van der Waals surface area contributed by atoms with Crippen molar-refractivity contribution in [3.8, 4) is 5.75 Å². The van der Waals surface area contributed by atoms with Crippen LogP contribution in [0.2, 0.25) is 0 Å². The first-order valence-corrected chi connectivity index (χ1v) is 13.9. The summed E-state index contributed by atoms with van der Waals surface area (Å²) in [5.74, 6) is 0.827. The summed E-state index contributed by atoms with van der Waals surface area (Å²) in [5.41, 5.74) is 6.46. The van der Waals surface area contributed by atoms with Crippen molar-refractivity contribution in [3.63, 3.8) is 0 Å². The van der Waals surface area contributed by atoms with Gasteiger partial charge in [0.25, 0.3) is 0 Å². The summed E-state index contributed by atoms with van der Waals surface area (Å²) in [6.45, 7) is 4.91. The highest BCUT2D eigenvalue weighted by Gasteiger charge is 2.41. The SMILES string of the molecule is COc1ccc(C2CC(=O)C3=C(C2)Nc2ccccc2N(C(C)=O)C3c2ccc(N3CCCC3C)cc2)cc1. The minimum absolute atomic E-state index is 0.0466. The molecule has 6 rings (SSSR count). The lowest BCUT2D eigenvalue weighted by Gasteiger charge is -2.35. The van der Waals surface area contributed by atoms with Gasteiger partial charge in [-0.15, -0.1) is 0 Å². The molecule has 3 aromatic rings. The number of rotatable bonds is 4. The molecule has 3 atom stereocenters. The quantitative estimate of drug-likeness (QED) is 0.419. The predicted molar refractivity (Wildman–Crippen MR) is 155 cm³/mol. The number of nitrogens with one attached hydrogen (secondary N) is 1. The standard InChI is InChI=1S/C33H35N3O3/c1-21-7-6-18-35(21)26-14-10-24(11-15-26)33-32-29(34-28-8-4-5-9-30(28)36(33)22(2)37)19-25(20-31(32)38)23-12-16-27(39-3)17-13-23/h4-5,8-17,21,25,33-34H,6-7,18-20H2,1-3H3. The molecular formula is C33H35N3O3. The van der Waals surface area contributed by atoms with Crippen LogP contribution in [-0.2, 0) is 9.59 Å². The summed E-state index contributed by atoms with van der Waals surface area (Å²) >= 11 is 0. The first kappa shape index (κ1) is 25.2. The third kappa shape index (κ3) is 4.58. The van der Waals surface area contributed by atoms with Crippen LogP contribution in [0, 0.1) is 0 Å². The van der Waals surface area contributed by atoms with Crippen molar-refractivity contribution >= 4 is 28.8 Å². The number of hydrogen-bond acceptors (Lipinski definition) is 5. The van der Waals surface area contributed by atoms with Gasteiger partial charge >= 0.3 is 0 Å². The maximum absolute atomic E-state index is 14.0. The number of para-hydroxylation sites is 2. The molecule has 200 valence electrons. The minimum atomic E-state index is -0.497. The van der Waals surface area contributed by atoms with E-state index < -0.39 is 6.04 Å². The van der Waals surface area contributed by atoms with Crippen molar-refractivity contribution in [1.82, 2.24) is 0 Å². The average molecular weight is 522 g/mol. The molecule has 1 saturated heterocycles. The molecule has 3 unspecified atom stereocenters. The number of fused-ring (bicyclic) bond motifs is 1. The van der Waals surface area contributed by atoms with E-state index >= 15 is 0 Å². The van der Waals surface area contributed by atoms with Crippen LogP contribution in [-0.4, -0.2) is 31.4 Å². The Balaban J connectivity index is 1.45. The zero-order valence-corrected chi connectivity index (χ0v) is 22.8. The van der Waals surface area contributed by atoms with Gasteiger partial charge in [-0.1, -0.05) is 36.4 Å². The van der Waals surface area contributed by atoms with E-state index in [4.69, 9.17) is 4.74 Å². The van der Waals surface area contributed by atoms with Gasteiger partial charge in [0.15, 0.2) is 5.78 Å². The fraction of sp³-hybridized carbons (Fsp3) is 0.333. The predicted octanol–water partition coefficient (Wildman–Crippen LogP) is 6.60. The molecule has 1 fully saturated rings. The van der Waals surface area contributed by atoms with E-state index in [1.807, 2.05) is 48.5 Å². The summed E-state index contributed by atoms with van der Waals surface area (Å²) in [7, 11) is 1.66. The Morgan fingerprint density at radius 2 is 1.67 bits per heavy atom. The van der Waals surface area contributed by atoms with E-state index in [-0.39, 0.29) is 17.6 Å². The molecule has 1 aliphatic carbocycles. The topological polar surface area (TPSA) is 61.9 Å². The Kier molecular flexibility index (Phi) is 6.63. The molecule has 1 amide bonds. The number of carbonyl (C=O) groups is 2. The Bertz CT molecular complexity index is 1430. The zero-order valence-electron chi connectivity index (χ0n) is 22.8. The highest BCUT2D eigenvalue weighted by molar-refractivity contribution is 6.06. The van der Waals surface area contributed by atoms with E-state index in [0.29, 0.717) is 24.5 Å². The lowest BCUT2D eigenvalue weighted by atomic mass is 9.78. The van der Waals surface area contributed by atoms with Crippen LogP contribution in [0.1, 0.15) is 62.6 Å². The van der Waals surface area contributed by atoms with E-state index in [1.165, 1.54) is 18.5 Å². The van der Waals surface area contributed by atoms with Crippen molar-refractivity contribution in [2.45, 2.75) is 57.5 Å². The van der Waals surface area contributed by atoms with E-state index in [9.17, 15) is 9.59 Å². The van der Waals surface area contributed by atoms with Crippen molar-refractivity contribution < 1.29 is 14.3 Å². The van der Waals surface area contributed by atoms with Crippen molar-refractivity contribution in [1.29, 1.82) is 0 Å². The van der Waals surface area contributed by atoms with Crippen LogP contribution in [0.25, 0.3) is 0 Å². The van der Waals surface area contributed by atoms with Crippen molar-refractivity contribution in [2.24, 2.45) is 0 Å². The second-order valence-corrected chi connectivity index (χ2v) is 10.9. The lowest BCUT2D eigenvalue weighted by molar-refractivity contribution is -0.117. The zero-order chi connectivity index (χ0) is 27.1. The second kappa shape index (κ2) is 10.3. The highest BCUT2D eigenvalue weighted by atomic mass is 16.5. The Hall–Kier alpha value is -4.06. The van der Waals surface area contributed by atoms with E-state index in [2.05, 4.69) is 41.4 Å². The number of benzene rings is 3. The normalized spacial score (nSPS) is 22.6. The van der Waals surface area contributed by atoms with Gasteiger partial charge in [0.2, 0.25) is 5.91 Å². The summed E-state index contributed by atoms with van der Waals surface area (Å²) in [6.07, 6.45) is 3.49. The molecule has 0 aromatic heterocycles. The first-order chi connectivity index (χ1) is 18.9. The number of amides is 1. The summed E-state index contributed by atoms with van der Waals surface area (Å²) < 4.78 is 5.33. The molecule has 0 radical (unpaired) electrons. The van der Waals surface area contributed by atoms with Gasteiger partial charge in [-0.3, -0.25) is 14.5 Å². The molecule has 1 N–H and O–H groups in total. The van der Waals surface area contributed by atoms with Crippen LogP contribution in [0.4, 0.5) is 17.1 Å². The molecule has 2 aliphatic heterocycles. The number of carbonyl (C=O) groups excluding carboxylic acids is 2. The van der Waals surface area contributed by atoms with E-state index in [0.717, 1.165) is 40.5 Å². The molecule has 6 heteroatoms. The van der Waals surface area contributed by atoms with Gasteiger partial charge in [-0.05, 0) is 79.6 Å². The Labute approximate surface area is 230 Å². The summed E-state index contributed by atoms with van der Waals surface area (Å²) in [6, 6.07) is 24.3. The molecule has 6 nitrogen and oxygen atoms in total. The number of nitrogens with zero attached hydrogens (tertiary/aromatic N) is 2. The molecule has 0 saturated carbocycles. The van der Waals surface area contributed by atoms with Crippen LogP contribution in [0.3, 0.4) is 0 Å². The number of methoxy groups -OCH3 is 1. The van der Waals surface area contributed by atoms with Gasteiger partial charge in [0, 0.05) is 42.9 Å². The maximum atomic E-state index is 14.0. The third-order valence-corrected chi connectivity index (χ3v) is 8.51. The highest BCUT2D eigenvalue weighted by Crippen LogP contribution is 2.47. The smallest absolute Gasteiger partial charge is 0.224 e. The minimum Gasteiger partial charge on any atom is -0.497 e. The maximum Gasteiger partial charge on any atom is 0.224 e. The average Bonchev–Trinajstić information content (AvgIpc) is 3.31. The van der Waals surface area contributed by atoms with Crippen LogP contribution in [0.5, 0.6) is 5.75 Å². The van der Waals surface area contributed by atoms with E-state index in [1.54, 1.807) is 18.9 Å². The fourth-order valence-electron chi connectivity index (χ4n) is 6.53. The molecule has 39 heavy (non-hydrogen) atoms. The van der Waals surface area contributed by atoms with Gasteiger partial charge < -0.3 is 15.0 Å². The van der Waals surface area contributed by atoms with Crippen molar-refractivity contribution in [3.05, 3.63) is 95.2 Å². The molecule has 0 spiro atoms. The van der Waals surface area contributed by atoms with Crippen molar-refractivity contribution in [2.75, 3.05) is 28.8 Å². The largest absolute Gasteiger partial charge is 0.497 e. The number of ether oxygens (including phenoxy) is 1. The molecule has 3 aromatic carbocycles. The summed E-state index contributed by atoms with van der Waals surface area (Å²) in [4.78, 5) is 31.6. The Morgan fingerprint density at radius 1 is 0.949 bits per heavy atom. The second-order valence-electron chi connectivity index (χ2n) is 10.9. The Morgan fingerprint density at radius 3 is 2.33 bits per heavy atom. The number of ketones is 1. The van der Waals surface area contributed by atoms with Crippen LogP contribution < -0.4 is 19.9 Å². The van der Waals surface area contributed by atoms with Gasteiger partial charge in [0.1, 0.15) is 5.75 Å². The lowest BCUT2D eigenvalue weighted by Crippen LogP contribution is -2.37. The van der Waals surface area contributed by atoms with Crippen LogP contribution >= 0.6 is 0 Å². The third-order valence-electron chi connectivity index (χ3n) is 8.51. The molecule has 2 heterocycles. The molecule has 3 aliphatic rings. The number of anilines is 3. The van der Waals surface area contributed by atoms with Crippen LogP contribution in [0.15, 0.2) is 84.1 Å². The van der Waals surface area contributed by atoms with Gasteiger partial charge in [-0.2, -0.15) is 0 Å². The van der Waals surface area contributed by atoms with Gasteiger partial charge in [-0.25, -0.2) is 0 Å². The molecule has 0 bridgehead atoms. The first-order valence-electron chi connectivity index (χ1n) is 13.9. The number of hydrogen-bond donors (Lipinski definition) is 1. The number of allylic oxidation sites excluding steroid dienone is 1.